The summed E-state index contributed by atoms with van der Waals surface area (Å²) in [5.74, 6) is -1.22. The number of rotatable bonds is 6. The van der Waals surface area contributed by atoms with E-state index in [0.29, 0.717) is 22.7 Å². The summed E-state index contributed by atoms with van der Waals surface area (Å²) in [6.07, 6.45) is -0.0184. The molecule has 0 radical (unpaired) electrons. The van der Waals surface area contributed by atoms with Gasteiger partial charge in [0.1, 0.15) is 23.1 Å². The van der Waals surface area contributed by atoms with Gasteiger partial charge in [0.2, 0.25) is 0 Å². The predicted molar refractivity (Wildman–Crippen MR) is 126 cm³/mol. The van der Waals surface area contributed by atoms with Gasteiger partial charge >= 0.3 is 0 Å². The van der Waals surface area contributed by atoms with Crippen LogP contribution in [0.1, 0.15) is 31.0 Å². The second-order valence-electron chi connectivity index (χ2n) is 8.11. The van der Waals surface area contributed by atoms with Gasteiger partial charge in [-0.2, -0.15) is 0 Å². The summed E-state index contributed by atoms with van der Waals surface area (Å²) >= 11 is 0. The van der Waals surface area contributed by atoms with Crippen LogP contribution >= 0.6 is 0 Å². The predicted octanol–water partition coefficient (Wildman–Crippen LogP) is 5.25. The SMILES string of the molecule is COc1ccc(C2/C(=C(\O)c3ccc(F)cc3)C(=O)C(=O)N2c2ccc(OC(C)C)cc2)cc1. The Morgan fingerprint density at radius 2 is 1.50 bits per heavy atom. The lowest BCUT2D eigenvalue weighted by Crippen LogP contribution is -2.29. The number of ketones is 1. The first-order chi connectivity index (χ1) is 16.3. The van der Waals surface area contributed by atoms with Crippen molar-refractivity contribution in [1.82, 2.24) is 0 Å². The Balaban J connectivity index is 1.86. The van der Waals surface area contributed by atoms with Gasteiger partial charge in [0.15, 0.2) is 0 Å². The zero-order valence-electron chi connectivity index (χ0n) is 19.0. The van der Waals surface area contributed by atoms with Crippen LogP contribution in [0.2, 0.25) is 0 Å². The smallest absolute Gasteiger partial charge is 0.300 e. The number of nitrogens with zero attached hydrogens (tertiary/aromatic N) is 1. The Morgan fingerprint density at radius 1 is 0.912 bits per heavy atom. The largest absolute Gasteiger partial charge is 0.507 e. The minimum atomic E-state index is -0.896. The van der Waals surface area contributed by atoms with Crippen LogP contribution < -0.4 is 14.4 Å². The van der Waals surface area contributed by atoms with Crippen molar-refractivity contribution >= 4 is 23.1 Å². The molecule has 0 bridgehead atoms. The van der Waals surface area contributed by atoms with E-state index >= 15 is 0 Å². The molecule has 6 nitrogen and oxygen atoms in total. The lowest BCUT2D eigenvalue weighted by atomic mass is 9.95. The second kappa shape index (κ2) is 9.39. The number of amides is 1. The molecule has 0 saturated carbocycles. The number of carbonyl (C=O) groups excluding carboxylic acids is 2. The van der Waals surface area contributed by atoms with Crippen LogP contribution in [0.25, 0.3) is 5.76 Å². The van der Waals surface area contributed by atoms with Gasteiger partial charge in [0.05, 0.1) is 24.8 Å². The second-order valence-corrected chi connectivity index (χ2v) is 8.11. The van der Waals surface area contributed by atoms with Gasteiger partial charge in [-0.25, -0.2) is 4.39 Å². The lowest BCUT2D eigenvalue weighted by Gasteiger charge is -2.26. The number of benzene rings is 3. The fourth-order valence-corrected chi connectivity index (χ4v) is 3.92. The van der Waals surface area contributed by atoms with Crippen LogP contribution in [-0.4, -0.2) is 30.0 Å². The van der Waals surface area contributed by atoms with E-state index in [1.165, 1.54) is 36.3 Å². The fourth-order valence-electron chi connectivity index (χ4n) is 3.92. The number of hydrogen-bond donors (Lipinski definition) is 1. The monoisotopic (exact) mass is 461 g/mol. The Hall–Kier alpha value is -4.13. The maximum absolute atomic E-state index is 13.4. The molecule has 3 aromatic rings. The summed E-state index contributed by atoms with van der Waals surface area (Å²) in [6, 6.07) is 17.9. The highest BCUT2D eigenvalue weighted by atomic mass is 19.1. The molecule has 3 aromatic carbocycles. The summed E-state index contributed by atoms with van der Waals surface area (Å²) in [5.41, 5.74) is 1.23. The van der Waals surface area contributed by atoms with Crippen molar-refractivity contribution in [3.8, 4) is 11.5 Å². The van der Waals surface area contributed by atoms with Crippen LogP contribution in [0.5, 0.6) is 11.5 Å². The van der Waals surface area contributed by atoms with E-state index in [4.69, 9.17) is 9.47 Å². The summed E-state index contributed by atoms with van der Waals surface area (Å²) < 4.78 is 24.3. The number of hydrogen-bond acceptors (Lipinski definition) is 5. The van der Waals surface area contributed by atoms with Gasteiger partial charge in [-0.15, -0.1) is 0 Å². The van der Waals surface area contributed by atoms with E-state index in [9.17, 15) is 19.1 Å². The molecule has 174 valence electrons. The summed E-state index contributed by atoms with van der Waals surface area (Å²) in [4.78, 5) is 27.7. The van der Waals surface area contributed by atoms with Crippen molar-refractivity contribution in [3.63, 3.8) is 0 Å². The number of aliphatic hydroxyl groups is 1. The topological polar surface area (TPSA) is 76.1 Å². The number of aliphatic hydroxyl groups excluding tert-OH is 1. The highest BCUT2D eigenvalue weighted by Crippen LogP contribution is 2.42. The number of ether oxygens (including phenoxy) is 2. The molecule has 0 aromatic heterocycles. The summed E-state index contributed by atoms with van der Waals surface area (Å²) in [6.45, 7) is 3.82. The zero-order valence-corrected chi connectivity index (χ0v) is 19.0. The molecule has 7 heteroatoms. The number of methoxy groups -OCH3 is 1. The molecule has 1 amide bonds. The molecule has 1 aliphatic heterocycles. The molecule has 1 fully saturated rings. The van der Waals surface area contributed by atoms with Crippen LogP contribution in [0, 0.1) is 5.82 Å². The van der Waals surface area contributed by atoms with Crippen LogP contribution in [0.15, 0.2) is 78.4 Å². The van der Waals surface area contributed by atoms with Gasteiger partial charge in [-0.1, -0.05) is 12.1 Å². The van der Waals surface area contributed by atoms with E-state index < -0.39 is 23.5 Å². The first-order valence-corrected chi connectivity index (χ1v) is 10.8. The van der Waals surface area contributed by atoms with Crippen LogP contribution in [-0.2, 0) is 9.59 Å². The van der Waals surface area contributed by atoms with Gasteiger partial charge in [-0.05, 0) is 80.1 Å². The molecule has 1 saturated heterocycles. The van der Waals surface area contributed by atoms with Crippen molar-refractivity contribution in [2.75, 3.05) is 12.0 Å². The number of carbonyl (C=O) groups is 2. The Morgan fingerprint density at radius 3 is 2.06 bits per heavy atom. The minimum absolute atomic E-state index is 0.0184. The van der Waals surface area contributed by atoms with Crippen molar-refractivity contribution in [1.29, 1.82) is 0 Å². The average Bonchev–Trinajstić information content (AvgIpc) is 3.10. The molecule has 4 rings (SSSR count). The lowest BCUT2D eigenvalue weighted by molar-refractivity contribution is -0.132. The molecule has 1 heterocycles. The maximum Gasteiger partial charge on any atom is 0.300 e. The van der Waals surface area contributed by atoms with E-state index in [1.54, 1.807) is 48.5 Å². The van der Waals surface area contributed by atoms with Gasteiger partial charge in [0.25, 0.3) is 11.7 Å². The summed E-state index contributed by atoms with van der Waals surface area (Å²) in [7, 11) is 1.54. The average molecular weight is 461 g/mol. The number of anilines is 1. The van der Waals surface area contributed by atoms with Crippen LogP contribution in [0.4, 0.5) is 10.1 Å². The zero-order chi connectivity index (χ0) is 24.4. The molecule has 1 unspecified atom stereocenters. The highest BCUT2D eigenvalue weighted by molar-refractivity contribution is 6.51. The third-order valence-corrected chi connectivity index (χ3v) is 5.48. The Bertz CT molecular complexity index is 1230. The third-order valence-electron chi connectivity index (χ3n) is 5.48. The minimum Gasteiger partial charge on any atom is -0.507 e. The fraction of sp³-hybridized carbons (Fsp3) is 0.185. The van der Waals surface area contributed by atoms with E-state index in [-0.39, 0.29) is 23.0 Å². The molecule has 34 heavy (non-hydrogen) atoms. The highest BCUT2D eigenvalue weighted by Gasteiger charge is 2.47. The molecular formula is C27H24FNO5. The van der Waals surface area contributed by atoms with Gasteiger partial charge < -0.3 is 14.6 Å². The Kier molecular flexibility index (Phi) is 6.36. The molecular weight excluding hydrogens is 437 g/mol. The van der Waals surface area contributed by atoms with Crippen LogP contribution in [0.3, 0.4) is 0 Å². The van der Waals surface area contributed by atoms with Gasteiger partial charge in [0, 0.05) is 11.3 Å². The molecule has 1 atom stereocenters. The molecule has 1 N–H and O–H groups in total. The summed E-state index contributed by atoms with van der Waals surface area (Å²) in [5, 5.41) is 11.1. The molecule has 1 aliphatic rings. The van der Waals surface area contributed by atoms with Gasteiger partial charge in [-0.3, -0.25) is 14.5 Å². The standard InChI is InChI=1S/C27H24FNO5/c1-16(2)34-22-14-10-20(11-15-22)29-24(17-6-12-21(33-3)13-7-17)23(26(31)27(29)32)25(30)18-4-8-19(28)9-5-18/h4-16,24,30H,1-3H3/b25-23+. The first-order valence-electron chi connectivity index (χ1n) is 10.8. The maximum atomic E-state index is 13.4. The third kappa shape index (κ3) is 4.37. The molecule has 0 aliphatic carbocycles. The normalized spacial score (nSPS) is 17.3. The van der Waals surface area contributed by atoms with Crippen molar-refractivity contribution in [3.05, 3.63) is 95.3 Å². The molecule has 0 spiro atoms. The number of Topliss-reactive ketones (excluding diaryl/α,β-unsaturated/α-hetero) is 1. The number of halogens is 1. The van der Waals surface area contributed by atoms with E-state index in [1.807, 2.05) is 13.8 Å². The first kappa shape index (κ1) is 23.0. The van der Waals surface area contributed by atoms with Crippen molar-refractivity contribution < 1.29 is 28.6 Å². The Labute approximate surface area is 196 Å². The van der Waals surface area contributed by atoms with Crippen molar-refractivity contribution in [2.24, 2.45) is 0 Å². The quantitative estimate of drug-likeness (QED) is 0.308. The van der Waals surface area contributed by atoms with E-state index in [0.717, 1.165) is 0 Å². The van der Waals surface area contributed by atoms with Crippen molar-refractivity contribution in [2.45, 2.75) is 26.0 Å². The van der Waals surface area contributed by atoms with E-state index in [2.05, 4.69) is 0 Å².